The van der Waals surface area contributed by atoms with Gasteiger partial charge in [-0.1, -0.05) is 12.1 Å². The summed E-state index contributed by atoms with van der Waals surface area (Å²) in [5, 5.41) is 8.69. The summed E-state index contributed by atoms with van der Waals surface area (Å²) >= 11 is 0. The second kappa shape index (κ2) is 4.45. The molecule has 0 unspecified atom stereocenters. The Bertz CT molecular complexity index is 379. The van der Waals surface area contributed by atoms with Crippen LogP contribution in [0.5, 0.6) is 5.75 Å². The van der Waals surface area contributed by atoms with E-state index in [0.717, 1.165) is 5.56 Å². The molecule has 1 aromatic carbocycles. The third-order valence-electron chi connectivity index (χ3n) is 1.98. The molecule has 3 heteroatoms. The number of hydrogen-bond donors (Lipinski definition) is 1. The fourth-order valence-corrected chi connectivity index (χ4v) is 1.18. The molecular formula is C11H12N2O. The average Bonchev–Trinajstić information content (AvgIpc) is 2.27. The Balaban J connectivity index is 3.19. The molecule has 72 valence electrons. The van der Waals surface area contributed by atoms with E-state index in [1.165, 1.54) is 0 Å². The highest BCUT2D eigenvalue weighted by molar-refractivity contribution is 5.44. The molecule has 0 saturated heterocycles. The van der Waals surface area contributed by atoms with Crippen LogP contribution in [-0.4, -0.2) is 7.11 Å². The number of benzene rings is 1. The van der Waals surface area contributed by atoms with E-state index in [1.807, 2.05) is 6.07 Å². The van der Waals surface area contributed by atoms with E-state index >= 15 is 0 Å². The van der Waals surface area contributed by atoms with Gasteiger partial charge in [0.2, 0.25) is 0 Å². The third kappa shape index (κ3) is 1.93. The normalized spacial score (nSPS) is 11.5. The topological polar surface area (TPSA) is 59.0 Å². The van der Waals surface area contributed by atoms with Crippen molar-refractivity contribution in [2.75, 3.05) is 7.11 Å². The molecule has 0 aliphatic rings. The fourth-order valence-electron chi connectivity index (χ4n) is 1.18. The highest BCUT2D eigenvalue weighted by atomic mass is 16.5. The van der Waals surface area contributed by atoms with Gasteiger partial charge >= 0.3 is 0 Å². The Morgan fingerprint density at radius 1 is 1.64 bits per heavy atom. The highest BCUT2D eigenvalue weighted by Crippen LogP contribution is 2.25. The van der Waals surface area contributed by atoms with Crippen molar-refractivity contribution in [2.24, 2.45) is 5.73 Å². The van der Waals surface area contributed by atoms with E-state index < -0.39 is 0 Å². The largest absolute Gasteiger partial charge is 0.496 e. The lowest BCUT2D eigenvalue weighted by Gasteiger charge is -2.11. The minimum Gasteiger partial charge on any atom is -0.496 e. The first kappa shape index (κ1) is 10.3. The van der Waals surface area contributed by atoms with E-state index in [0.29, 0.717) is 11.3 Å². The van der Waals surface area contributed by atoms with Crippen molar-refractivity contribution in [1.82, 2.24) is 0 Å². The molecule has 0 aliphatic heterocycles. The van der Waals surface area contributed by atoms with E-state index in [1.54, 1.807) is 31.4 Å². The molecule has 1 atom stereocenters. The number of hydrogen-bond acceptors (Lipinski definition) is 3. The molecule has 14 heavy (non-hydrogen) atoms. The van der Waals surface area contributed by atoms with Crippen molar-refractivity contribution < 1.29 is 4.74 Å². The molecule has 0 amide bonds. The second-order valence-corrected chi connectivity index (χ2v) is 2.83. The third-order valence-corrected chi connectivity index (χ3v) is 1.98. The first-order valence-corrected chi connectivity index (χ1v) is 4.19. The summed E-state index contributed by atoms with van der Waals surface area (Å²) in [6, 6.07) is 6.93. The average molecular weight is 188 g/mol. The summed E-state index contributed by atoms with van der Waals surface area (Å²) in [5.74, 6) is 0.622. The lowest BCUT2D eigenvalue weighted by atomic mass is 10.0. The maximum absolute atomic E-state index is 8.69. The molecule has 3 nitrogen and oxygen atoms in total. The van der Waals surface area contributed by atoms with Gasteiger partial charge in [0.15, 0.2) is 0 Å². The molecule has 0 aromatic heterocycles. The number of nitriles is 1. The standard InChI is InChI=1S/C11H12N2O/c1-3-10(13)9-5-4-8(7-12)6-11(9)14-2/h3-6,10H,1,13H2,2H3/t10-/m0/s1. The number of methoxy groups -OCH3 is 1. The summed E-state index contributed by atoms with van der Waals surface area (Å²) in [7, 11) is 1.55. The zero-order chi connectivity index (χ0) is 10.6. The van der Waals surface area contributed by atoms with Gasteiger partial charge in [0.25, 0.3) is 0 Å². The van der Waals surface area contributed by atoms with Gasteiger partial charge in [-0.25, -0.2) is 0 Å². The number of nitrogens with two attached hydrogens (primary N) is 1. The maximum atomic E-state index is 8.69. The monoisotopic (exact) mass is 188 g/mol. The fraction of sp³-hybridized carbons (Fsp3) is 0.182. The Morgan fingerprint density at radius 2 is 2.36 bits per heavy atom. The molecule has 0 bridgehead atoms. The van der Waals surface area contributed by atoms with Crippen molar-refractivity contribution in [3.8, 4) is 11.8 Å². The van der Waals surface area contributed by atoms with Crippen LogP contribution in [0.2, 0.25) is 0 Å². The summed E-state index contributed by atoms with van der Waals surface area (Å²) < 4.78 is 5.13. The quantitative estimate of drug-likeness (QED) is 0.735. The van der Waals surface area contributed by atoms with Crippen LogP contribution in [0.4, 0.5) is 0 Å². The molecule has 0 spiro atoms. The molecule has 0 aliphatic carbocycles. The van der Waals surface area contributed by atoms with Gasteiger partial charge in [-0.15, -0.1) is 6.58 Å². The summed E-state index contributed by atoms with van der Waals surface area (Å²) in [6.45, 7) is 3.61. The molecule has 2 N–H and O–H groups in total. The maximum Gasteiger partial charge on any atom is 0.125 e. The minimum atomic E-state index is -0.266. The van der Waals surface area contributed by atoms with Gasteiger partial charge in [-0.2, -0.15) is 5.26 Å². The minimum absolute atomic E-state index is 0.266. The predicted molar refractivity (Wildman–Crippen MR) is 54.8 cm³/mol. The Labute approximate surface area is 83.4 Å². The van der Waals surface area contributed by atoms with Crippen LogP contribution in [0.15, 0.2) is 30.9 Å². The van der Waals surface area contributed by atoms with Crippen LogP contribution < -0.4 is 10.5 Å². The number of nitrogens with zero attached hydrogens (tertiary/aromatic N) is 1. The molecular weight excluding hydrogens is 176 g/mol. The van der Waals surface area contributed by atoms with Crippen molar-refractivity contribution in [1.29, 1.82) is 5.26 Å². The van der Waals surface area contributed by atoms with E-state index in [-0.39, 0.29) is 6.04 Å². The van der Waals surface area contributed by atoms with Crippen molar-refractivity contribution in [3.05, 3.63) is 42.0 Å². The smallest absolute Gasteiger partial charge is 0.125 e. The van der Waals surface area contributed by atoms with Crippen LogP contribution in [0.3, 0.4) is 0 Å². The van der Waals surface area contributed by atoms with Crippen LogP contribution in [0.25, 0.3) is 0 Å². The highest BCUT2D eigenvalue weighted by Gasteiger charge is 2.08. The Hall–Kier alpha value is -1.79. The lowest BCUT2D eigenvalue weighted by Crippen LogP contribution is -2.08. The van der Waals surface area contributed by atoms with Gasteiger partial charge in [-0.3, -0.25) is 0 Å². The Morgan fingerprint density at radius 3 is 2.86 bits per heavy atom. The van der Waals surface area contributed by atoms with Gasteiger partial charge in [-0.05, 0) is 12.1 Å². The van der Waals surface area contributed by atoms with E-state index in [4.69, 9.17) is 15.7 Å². The summed E-state index contributed by atoms with van der Waals surface area (Å²) in [4.78, 5) is 0. The molecule has 1 rings (SSSR count). The van der Waals surface area contributed by atoms with E-state index in [2.05, 4.69) is 6.58 Å². The van der Waals surface area contributed by atoms with Crippen LogP contribution in [0, 0.1) is 11.3 Å². The molecule has 1 aromatic rings. The summed E-state index contributed by atoms with van der Waals surface area (Å²) in [6.07, 6.45) is 1.63. The second-order valence-electron chi connectivity index (χ2n) is 2.83. The first-order valence-electron chi connectivity index (χ1n) is 4.19. The van der Waals surface area contributed by atoms with Gasteiger partial charge in [0.05, 0.1) is 24.8 Å². The van der Waals surface area contributed by atoms with Crippen molar-refractivity contribution in [2.45, 2.75) is 6.04 Å². The molecule has 0 saturated carbocycles. The molecule has 0 fully saturated rings. The van der Waals surface area contributed by atoms with Crippen LogP contribution >= 0.6 is 0 Å². The SMILES string of the molecule is C=C[C@H](N)c1ccc(C#N)cc1OC. The van der Waals surface area contributed by atoms with Crippen molar-refractivity contribution >= 4 is 0 Å². The van der Waals surface area contributed by atoms with Crippen LogP contribution in [0.1, 0.15) is 17.2 Å². The zero-order valence-corrected chi connectivity index (χ0v) is 8.03. The van der Waals surface area contributed by atoms with Gasteiger partial charge < -0.3 is 10.5 Å². The summed E-state index contributed by atoms with van der Waals surface area (Å²) in [5.41, 5.74) is 7.17. The lowest BCUT2D eigenvalue weighted by molar-refractivity contribution is 0.408. The van der Waals surface area contributed by atoms with Crippen LogP contribution in [-0.2, 0) is 0 Å². The van der Waals surface area contributed by atoms with E-state index in [9.17, 15) is 0 Å². The zero-order valence-electron chi connectivity index (χ0n) is 8.03. The van der Waals surface area contributed by atoms with Gasteiger partial charge in [0, 0.05) is 5.56 Å². The first-order chi connectivity index (χ1) is 6.72. The molecule has 0 heterocycles. The predicted octanol–water partition coefficient (Wildman–Crippen LogP) is 1.75. The number of ether oxygens (including phenoxy) is 1. The van der Waals surface area contributed by atoms with Gasteiger partial charge in [0.1, 0.15) is 5.75 Å². The Kier molecular flexibility index (Phi) is 3.27. The molecule has 0 radical (unpaired) electrons. The number of rotatable bonds is 3. The van der Waals surface area contributed by atoms with Crippen molar-refractivity contribution in [3.63, 3.8) is 0 Å².